The first-order chi connectivity index (χ1) is 14.4. The van der Waals surface area contributed by atoms with E-state index in [2.05, 4.69) is 20.1 Å². The van der Waals surface area contributed by atoms with Gasteiger partial charge in [0, 0.05) is 23.7 Å². The number of hydrogen-bond acceptors (Lipinski definition) is 6. The van der Waals surface area contributed by atoms with Crippen molar-refractivity contribution in [3.8, 4) is 17.0 Å². The van der Waals surface area contributed by atoms with Crippen LogP contribution < -0.4 is 4.74 Å². The molecule has 1 fully saturated rings. The molecule has 2 aromatic heterocycles. The van der Waals surface area contributed by atoms with E-state index in [1.54, 1.807) is 4.68 Å². The number of rotatable bonds is 7. The van der Waals surface area contributed by atoms with Crippen molar-refractivity contribution in [1.29, 1.82) is 0 Å². The number of azide groups is 1. The van der Waals surface area contributed by atoms with E-state index in [4.69, 9.17) is 15.0 Å². The number of aryl methyl sites for hydroxylation is 2. The summed E-state index contributed by atoms with van der Waals surface area (Å²) in [6.07, 6.45) is 5.07. The second-order valence-corrected chi connectivity index (χ2v) is 7.92. The van der Waals surface area contributed by atoms with Gasteiger partial charge in [-0.2, -0.15) is 5.10 Å². The van der Waals surface area contributed by atoms with E-state index in [-0.39, 0.29) is 30.6 Å². The van der Waals surface area contributed by atoms with Gasteiger partial charge in [0.05, 0.1) is 41.8 Å². The molecule has 2 aromatic rings. The predicted octanol–water partition coefficient (Wildman–Crippen LogP) is 4.49. The highest BCUT2D eigenvalue weighted by atomic mass is 16.5. The van der Waals surface area contributed by atoms with Crippen molar-refractivity contribution in [3.63, 3.8) is 0 Å². The lowest BCUT2D eigenvalue weighted by molar-refractivity contribution is -0.154. The average molecular weight is 412 g/mol. The Hall–Kier alpha value is -3.06. The number of hydrogen-bond donors (Lipinski definition) is 0. The Morgan fingerprint density at radius 2 is 2.20 bits per heavy atom. The summed E-state index contributed by atoms with van der Waals surface area (Å²) in [6, 6.07) is 3.78. The first-order valence-electron chi connectivity index (χ1n) is 10.3. The Bertz CT molecular complexity index is 948. The van der Waals surface area contributed by atoms with Crippen molar-refractivity contribution in [3.05, 3.63) is 40.2 Å². The normalized spacial score (nSPS) is 18.7. The fraction of sp³-hybridized carbons (Fsp3) is 0.571. The minimum atomic E-state index is -0.132. The minimum absolute atomic E-state index is 0.0336. The van der Waals surface area contributed by atoms with Crippen LogP contribution in [0.15, 0.2) is 23.4 Å². The minimum Gasteiger partial charge on any atom is -0.489 e. The molecule has 9 heteroatoms. The zero-order chi connectivity index (χ0) is 21.7. The Morgan fingerprint density at radius 1 is 1.40 bits per heavy atom. The van der Waals surface area contributed by atoms with Crippen molar-refractivity contribution in [1.82, 2.24) is 14.8 Å². The summed E-state index contributed by atoms with van der Waals surface area (Å²) in [5.41, 5.74) is 11.6. The van der Waals surface area contributed by atoms with E-state index in [1.807, 2.05) is 46.1 Å². The van der Waals surface area contributed by atoms with Crippen molar-refractivity contribution < 1.29 is 14.3 Å². The molecule has 160 valence electrons. The highest BCUT2D eigenvalue weighted by Crippen LogP contribution is 2.31. The van der Waals surface area contributed by atoms with Crippen LogP contribution >= 0.6 is 0 Å². The zero-order valence-electron chi connectivity index (χ0n) is 17.9. The lowest BCUT2D eigenvalue weighted by Gasteiger charge is -2.29. The molecule has 0 radical (unpaired) electrons. The number of ether oxygens (including phenoxy) is 2. The molecule has 30 heavy (non-hydrogen) atoms. The molecule has 1 aliphatic carbocycles. The zero-order valence-corrected chi connectivity index (χ0v) is 17.9. The number of pyridine rings is 1. The van der Waals surface area contributed by atoms with Gasteiger partial charge in [0.25, 0.3) is 0 Å². The van der Waals surface area contributed by atoms with Crippen LogP contribution in [-0.2, 0) is 23.1 Å². The van der Waals surface area contributed by atoms with Crippen LogP contribution in [0.5, 0.6) is 5.75 Å². The van der Waals surface area contributed by atoms with Crippen molar-refractivity contribution >= 4 is 5.97 Å². The molecule has 0 unspecified atom stereocenters. The van der Waals surface area contributed by atoms with Gasteiger partial charge in [-0.05, 0) is 64.1 Å². The summed E-state index contributed by atoms with van der Waals surface area (Å²) >= 11 is 0. The summed E-state index contributed by atoms with van der Waals surface area (Å²) in [4.78, 5) is 19.7. The van der Waals surface area contributed by atoms with Crippen molar-refractivity contribution in [2.45, 2.75) is 65.2 Å². The lowest BCUT2D eigenvalue weighted by Crippen LogP contribution is -2.31. The molecule has 0 N–H and O–H groups in total. The van der Waals surface area contributed by atoms with Gasteiger partial charge >= 0.3 is 5.97 Å². The SMILES string of the molecule is Cc1nc(-c2cn(C)nc2CN=[N+]=[N-])ccc1O[C@H]1CCC[C@H](C(=O)OC(C)C)C1. The standard InChI is InChI=1S/C21H28N6O3/c1-13(2)29-21(28)15-6-5-7-16(10-15)30-20-9-8-18(24-14(20)3)17-12-27(4)25-19(17)11-23-26-22/h8-9,12-13,15-16H,5-7,10-11H2,1-4H3/t15-,16-/m0/s1. The Labute approximate surface area is 176 Å². The monoisotopic (exact) mass is 412 g/mol. The highest BCUT2D eigenvalue weighted by Gasteiger charge is 2.30. The summed E-state index contributed by atoms with van der Waals surface area (Å²) in [5, 5.41) is 7.96. The van der Waals surface area contributed by atoms with Crippen LogP contribution in [0.3, 0.4) is 0 Å². The van der Waals surface area contributed by atoms with E-state index in [0.717, 1.165) is 36.2 Å². The second kappa shape index (κ2) is 9.63. The summed E-state index contributed by atoms with van der Waals surface area (Å²) in [5.74, 6) is 0.465. The molecule has 9 nitrogen and oxygen atoms in total. The third kappa shape index (κ3) is 5.30. The van der Waals surface area contributed by atoms with E-state index >= 15 is 0 Å². The van der Waals surface area contributed by atoms with E-state index in [1.165, 1.54) is 0 Å². The van der Waals surface area contributed by atoms with Crippen LogP contribution in [0.25, 0.3) is 21.7 Å². The summed E-state index contributed by atoms with van der Waals surface area (Å²) < 4.78 is 13.3. The van der Waals surface area contributed by atoms with Crippen molar-refractivity contribution in [2.24, 2.45) is 18.1 Å². The largest absolute Gasteiger partial charge is 0.489 e. The average Bonchev–Trinajstić information content (AvgIpc) is 3.08. The molecular formula is C21H28N6O3. The van der Waals surface area contributed by atoms with Crippen LogP contribution in [0, 0.1) is 12.8 Å². The fourth-order valence-electron chi connectivity index (χ4n) is 3.76. The first kappa shape index (κ1) is 21.6. The maximum absolute atomic E-state index is 12.3. The van der Waals surface area contributed by atoms with Gasteiger partial charge in [0.1, 0.15) is 5.75 Å². The molecule has 0 saturated heterocycles. The third-order valence-corrected chi connectivity index (χ3v) is 5.11. The molecule has 1 aliphatic rings. The van der Waals surface area contributed by atoms with Crippen molar-refractivity contribution in [2.75, 3.05) is 0 Å². The maximum Gasteiger partial charge on any atom is 0.309 e. The van der Waals surface area contributed by atoms with Gasteiger partial charge in [0.2, 0.25) is 0 Å². The molecule has 0 aliphatic heterocycles. The highest BCUT2D eigenvalue weighted by molar-refractivity contribution is 5.72. The molecular weight excluding hydrogens is 384 g/mol. The van der Waals surface area contributed by atoms with Gasteiger partial charge in [-0.3, -0.25) is 9.48 Å². The quantitative estimate of drug-likeness (QED) is 0.287. The molecule has 0 amide bonds. The first-order valence-corrected chi connectivity index (χ1v) is 10.3. The van der Waals surface area contributed by atoms with Gasteiger partial charge in [0.15, 0.2) is 0 Å². The molecule has 2 heterocycles. The molecule has 1 saturated carbocycles. The van der Waals surface area contributed by atoms with E-state index < -0.39 is 0 Å². The van der Waals surface area contributed by atoms with Crippen LogP contribution in [0.4, 0.5) is 0 Å². The molecule has 0 bridgehead atoms. The number of esters is 1. The maximum atomic E-state index is 12.3. The molecule has 2 atom stereocenters. The van der Waals surface area contributed by atoms with Gasteiger partial charge in [-0.25, -0.2) is 4.98 Å². The number of aromatic nitrogens is 3. The van der Waals surface area contributed by atoms with Crippen LogP contribution in [0.1, 0.15) is 50.9 Å². The number of nitrogens with zero attached hydrogens (tertiary/aromatic N) is 6. The number of carbonyl (C=O) groups is 1. The van der Waals surface area contributed by atoms with Crippen LogP contribution in [0.2, 0.25) is 0 Å². The van der Waals surface area contributed by atoms with Gasteiger partial charge in [-0.15, -0.1) is 0 Å². The summed E-state index contributed by atoms with van der Waals surface area (Å²) in [6.45, 7) is 5.80. The molecule has 3 rings (SSSR count). The van der Waals surface area contributed by atoms with Gasteiger partial charge in [-0.1, -0.05) is 5.11 Å². The number of carbonyl (C=O) groups excluding carboxylic acids is 1. The topological polar surface area (TPSA) is 115 Å². The molecule has 0 aromatic carbocycles. The van der Waals surface area contributed by atoms with E-state index in [9.17, 15) is 4.79 Å². The van der Waals surface area contributed by atoms with Gasteiger partial charge < -0.3 is 9.47 Å². The predicted molar refractivity (Wildman–Crippen MR) is 112 cm³/mol. The second-order valence-electron chi connectivity index (χ2n) is 7.92. The fourth-order valence-corrected chi connectivity index (χ4v) is 3.76. The Kier molecular flexibility index (Phi) is 6.95. The van der Waals surface area contributed by atoms with Crippen LogP contribution in [-0.4, -0.2) is 32.9 Å². The Morgan fingerprint density at radius 3 is 2.90 bits per heavy atom. The lowest BCUT2D eigenvalue weighted by atomic mass is 9.87. The van der Waals surface area contributed by atoms with E-state index in [0.29, 0.717) is 17.9 Å². The summed E-state index contributed by atoms with van der Waals surface area (Å²) in [7, 11) is 1.82. The Balaban J connectivity index is 1.72. The smallest absolute Gasteiger partial charge is 0.309 e. The third-order valence-electron chi connectivity index (χ3n) is 5.11. The molecule has 0 spiro atoms.